The van der Waals surface area contributed by atoms with Crippen LogP contribution in [0.4, 0.5) is 0 Å². The van der Waals surface area contributed by atoms with Crippen molar-refractivity contribution in [2.75, 3.05) is 0 Å². The first kappa shape index (κ1) is 14.4. The molecule has 0 unspecified atom stereocenters. The molecule has 20 heavy (non-hydrogen) atoms. The fourth-order valence-corrected chi connectivity index (χ4v) is 2.75. The number of esters is 1. The van der Waals surface area contributed by atoms with Gasteiger partial charge in [0.05, 0.1) is 12.1 Å². The van der Waals surface area contributed by atoms with Crippen molar-refractivity contribution < 1.29 is 9.53 Å². The van der Waals surface area contributed by atoms with Crippen LogP contribution in [-0.2, 0) is 11.3 Å². The Hall–Kier alpha value is -2.06. The molecule has 0 bridgehead atoms. The summed E-state index contributed by atoms with van der Waals surface area (Å²) in [7, 11) is 0. The summed E-state index contributed by atoms with van der Waals surface area (Å²) in [6.45, 7) is 6.17. The number of hydrogen-bond acceptors (Lipinski definition) is 4. The van der Waals surface area contributed by atoms with Crippen molar-refractivity contribution in [2.45, 2.75) is 33.4 Å². The van der Waals surface area contributed by atoms with E-state index >= 15 is 0 Å². The van der Waals surface area contributed by atoms with Gasteiger partial charge in [0.25, 0.3) is 0 Å². The molecule has 2 heterocycles. The first-order valence-corrected chi connectivity index (χ1v) is 7.20. The van der Waals surface area contributed by atoms with E-state index in [1.54, 1.807) is 18.3 Å². The van der Waals surface area contributed by atoms with Gasteiger partial charge in [-0.15, -0.1) is 11.3 Å². The Morgan fingerprint density at radius 2 is 2.30 bits per heavy atom. The van der Waals surface area contributed by atoms with E-state index < -0.39 is 12.1 Å². The third kappa shape index (κ3) is 2.91. The standard InChI is InChI=1S/C15H16N2O2S/c1-10-7-14(15(18)19-11(2)8-16)12(3)17(10)9-13-5-4-6-20-13/h4-7,11H,9H2,1-3H3/t11-/m1/s1. The summed E-state index contributed by atoms with van der Waals surface area (Å²) in [5.41, 5.74) is 2.40. The second kappa shape index (κ2) is 5.93. The summed E-state index contributed by atoms with van der Waals surface area (Å²) < 4.78 is 7.14. The molecule has 0 aromatic carbocycles. The lowest BCUT2D eigenvalue weighted by Crippen LogP contribution is -2.14. The highest BCUT2D eigenvalue weighted by Crippen LogP contribution is 2.20. The molecule has 0 aliphatic carbocycles. The van der Waals surface area contributed by atoms with Crippen LogP contribution in [0.25, 0.3) is 0 Å². The van der Waals surface area contributed by atoms with Crippen LogP contribution in [0.3, 0.4) is 0 Å². The van der Waals surface area contributed by atoms with Crippen LogP contribution in [-0.4, -0.2) is 16.6 Å². The van der Waals surface area contributed by atoms with Gasteiger partial charge < -0.3 is 9.30 Å². The molecule has 0 spiro atoms. The van der Waals surface area contributed by atoms with Gasteiger partial charge in [0, 0.05) is 16.3 Å². The third-order valence-electron chi connectivity index (χ3n) is 3.15. The lowest BCUT2D eigenvalue weighted by molar-refractivity contribution is 0.0434. The molecule has 0 saturated heterocycles. The Morgan fingerprint density at radius 1 is 1.55 bits per heavy atom. The van der Waals surface area contributed by atoms with Crippen LogP contribution in [0.2, 0.25) is 0 Å². The molecule has 0 N–H and O–H groups in total. The summed E-state index contributed by atoms with van der Waals surface area (Å²) >= 11 is 1.69. The van der Waals surface area contributed by atoms with E-state index in [9.17, 15) is 4.79 Å². The van der Waals surface area contributed by atoms with Crippen molar-refractivity contribution in [1.82, 2.24) is 4.57 Å². The molecule has 0 fully saturated rings. The summed E-state index contributed by atoms with van der Waals surface area (Å²) in [5.74, 6) is -0.440. The van der Waals surface area contributed by atoms with Gasteiger partial charge in [-0.2, -0.15) is 5.26 Å². The predicted octanol–water partition coefficient (Wildman–Crippen LogP) is 3.28. The summed E-state index contributed by atoms with van der Waals surface area (Å²) in [6, 6.07) is 7.79. The predicted molar refractivity (Wildman–Crippen MR) is 77.8 cm³/mol. The van der Waals surface area contributed by atoms with Crippen LogP contribution in [0, 0.1) is 25.2 Å². The van der Waals surface area contributed by atoms with Gasteiger partial charge in [-0.05, 0) is 38.3 Å². The molecule has 0 aliphatic rings. The van der Waals surface area contributed by atoms with Crippen LogP contribution in [0.1, 0.15) is 33.5 Å². The maximum atomic E-state index is 12.0. The highest BCUT2D eigenvalue weighted by atomic mass is 32.1. The monoisotopic (exact) mass is 288 g/mol. The van der Waals surface area contributed by atoms with Gasteiger partial charge in [0.2, 0.25) is 0 Å². The molecule has 104 valence electrons. The lowest BCUT2D eigenvalue weighted by Gasteiger charge is -2.09. The van der Waals surface area contributed by atoms with Gasteiger partial charge in [0.1, 0.15) is 6.07 Å². The second-order valence-electron chi connectivity index (χ2n) is 4.63. The van der Waals surface area contributed by atoms with Gasteiger partial charge in [-0.1, -0.05) is 6.07 Å². The maximum absolute atomic E-state index is 12.0. The van der Waals surface area contributed by atoms with Gasteiger partial charge >= 0.3 is 5.97 Å². The van der Waals surface area contributed by atoms with Crippen LogP contribution in [0.15, 0.2) is 23.6 Å². The molecule has 0 aliphatic heterocycles. The minimum Gasteiger partial charge on any atom is -0.444 e. The van der Waals surface area contributed by atoms with Crippen LogP contribution in [0.5, 0.6) is 0 Å². The Balaban J connectivity index is 2.25. The SMILES string of the molecule is Cc1cc(C(=O)O[C@H](C)C#N)c(C)n1Cc1cccs1. The van der Waals surface area contributed by atoms with E-state index in [2.05, 4.69) is 10.6 Å². The highest BCUT2D eigenvalue weighted by molar-refractivity contribution is 7.09. The molecule has 0 saturated carbocycles. The van der Waals surface area contributed by atoms with Crippen molar-refractivity contribution in [2.24, 2.45) is 0 Å². The summed E-state index contributed by atoms with van der Waals surface area (Å²) in [4.78, 5) is 13.3. The smallest absolute Gasteiger partial charge is 0.341 e. The number of carbonyl (C=O) groups is 1. The van der Waals surface area contributed by atoms with Gasteiger partial charge in [-0.25, -0.2) is 4.79 Å². The normalized spacial score (nSPS) is 11.9. The largest absolute Gasteiger partial charge is 0.444 e. The van der Waals surface area contributed by atoms with Crippen molar-refractivity contribution in [3.05, 3.63) is 45.4 Å². The van der Waals surface area contributed by atoms with Crippen molar-refractivity contribution >= 4 is 17.3 Å². The third-order valence-corrected chi connectivity index (χ3v) is 4.01. The summed E-state index contributed by atoms with van der Waals surface area (Å²) in [6.07, 6.45) is -0.733. The molecule has 1 atom stereocenters. The van der Waals surface area contributed by atoms with E-state index in [1.807, 2.05) is 37.4 Å². The van der Waals surface area contributed by atoms with Gasteiger partial charge in [-0.3, -0.25) is 0 Å². The van der Waals surface area contributed by atoms with Crippen LogP contribution >= 0.6 is 11.3 Å². The number of thiophene rings is 1. The molecule has 4 nitrogen and oxygen atoms in total. The topological polar surface area (TPSA) is 55.0 Å². The van der Waals surface area contributed by atoms with Gasteiger partial charge in [0.15, 0.2) is 6.10 Å². The first-order chi connectivity index (χ1) is 9.52. The van der Waals surface area contributed by atoms with Crippen molar-refractivity contribution in [1.29, 1.82) is 5.26 Å². The molecular weight excluding hydrogens is 272 g/mol. The number of hydrogen-bond donors (Lipinski definition) is 0. The Kier molecular flexibility index (Phi) is 4.26. The zero-order valence-electron chi connectivity index (χ0n) is 11.7. The van der Waals surface area contributed by atoms with E-state index in [0.29, 0.717) is 5.56 Å². The Labute approximate surface area is 122 Å². The lowest BCUT2D eigenvalue weighted by atomic mass is 10.2. The Bertz CT molecular complexity index is 650. The summed E-state index contributed by atoms with van der Waals surface area (Å²) in [5, 5.41) is 10.7. The van der Waals surface area contributed by atoms with E-state index in [1.165, 1.54) is 4.88 Å². The zero-order chi connectivity index (χ0) is 14.7. The Morgan fingerprint density at radius 3 is 2.90 bits per heavy atom. The molecule has 2 rings (SSSR count). The maximum Gasteiger partial charge on any atom is 0.341 e. The average molecular weight is 288 g/mol. The zero-order valence-corrected chi connectivity index (χ0v) is 12.5. The number of aromatic nitrogens is 1. The molecule has 2 aromatic heterocycles. The average Bonchev–Trinajstić information content (AvgIpc) is 3.02. The molecular formula is C15H16N2O2S. The number of nitriles is 1. The highest BCUT2D eigenvalue weighted by Gasteiger charge is 2.19. The van der Waals surface area contributed by atoms with Crippen LogP contribution < -0.4 is 0 Å². The fraction of sp³-hybridized carbons (Fsp3) is 0.333. The van der Waals surface area contributed by atoms with Crippen molar-refractivity contribution in [3.63, 3.8) is 0 Å². The minimum atomic E-state index is -0.733. The molecule has 0 amide bonds. The molecule has 5 heteroatoms. The van der Waals surface area contributed by atoms with E-state index in [0.717, 1.165) is 17.9 Å². The second-order valence-corrected chi connectivity index (χ2v) is 5.66. The first-order valence-electron chi connectivity index (χ1n) is 6.32. The molecule has 2 aromatic rings. The number of carbonyl (C=O) groups excluding carboxylic acids is 1. The van der Waals surface area contributed by atoms with E-state index in [4.69, 9.17) is 10.00 Å². The molecule has 0 radical (unpaired) electrons. The number of aryl methyl sites for hydroxylation is 1. The van der Waals surface area contributed by atoms with E-state index in [-0.39, 0.29) is 0 Å². The number of nitrogens with zero attached hydrogens (tertiary/aromatic N) is 2. The minimum absolute atomic E-state index is 0.440. The fourth-order valence-electron chi connectivity index (χ4n) is 2.06. The number of rotatable bonds is 4. The quantitative estimate of drug-likeness (QED) is 0.811. The van der Waals surface area contributed by atoms with Crippen molar-refractivity contribution in [3.8, 4) is 6.07 Å². The number of ether oxygens (including phenoxy) is 1.